The van der Waals surface area contributed by atoms with Gasteiger partial charge in [-0.2, -0.15) is 0 Å². The number of nitrogens with zero attached hydrogens (tertiary/aromatic N) is 1. The van der Waals surface area contributed by atoms with Crippen LogP contribution in [0.25, 0.3) is 10.8 Å². The molecular formula is C13H14ClFN2. The monoisotopic (exact) mass is 252 g/mol. The SMILES string of the molecule is CCCCNc1nccc2cc(F)c(Cl)cc12. The van der Waals surface area contributed by atoms with Gasteiger partial charge in [0.1, 0.15) is 11.6 Å². The molecule has 1 aromatic heterocycles. The molecule has 0 spiro atoms. The predicted octanol–water partition coefficient (Wildman–Crippen LogP) is 4.24. The third-order valence-electron chi connectivity index (χ3n) is 2.63. The Labute approximate surface area is 105 Å². The highest BCUT2D eigenvalue weighted by Crippen LogP contribution is 2.26. The van der Waals surface area contributed by atoms with E-state index in [0.29, 0.717) is 0 Å². The summed E-state index contributed by atoms with van der Waals surface area (Å²) < 4.78 is 13.3. The van der Waals surface area contributed by atoms with Crippen LogP contribution in [0.1, 0.15) is 19.8 Å². The van der Waals surface area contributed by atoms with E-state index in [1.54, 1.807) is 18.3 Å². The van der Waals surface area contributed by atoms with Gasteiger partial charge in [0.15, 0.2) is 0 Å². The number of anilines is 1. The lowest BCUT2D eigenvalue weighted by molar-refractivity contribution is 0.630. The summed E-state index contributed by atoms with van der Waals surface area (Å²) in [5.41, 5.74) is 0. The maximum Gasteiger partial charge on any atom is 0.142 e. The largest absolute Gasteiger partial charge is 0.370 e. The van der Waals surface area contributed by atoms with E-state index in [9.17, 15) is 4.39 Å². The van der Waals surface area contributed by atoms with Crippen LogP contribution < -0.4 is 5.32 Å². The lowest BCUT2D eigenvalue weighted by Gasteiger charge is -2.08. The van der Waals surface area contributed by atoms with Crippen molar-refractivity contribution in [3.05, 3.63) is 35.2 Å². The first-order valence-electron chi connectivity index (χ1n) is 5.70. The third kappa shape index (κ3) is 2.67. The zero-order valence-electron chi connectivity index (χ0n) is 9.63. The number of nitrogens with one attached hydrogen (secondary N) is 1. The summed E-state index contributed by atoms with van der Waals surface area (Å²) in [6.45, 7) is 2.99. The van der Waals surface area contributed by atoms with Crippen molar-refractivity contribution in [3.63, 3.8) is 0 Å². The van der Waals surface area contributed by atoms with Gasteiger partial charge in [0, 0.05) is 18.1 Å². The number of rotatable bonds is 4. The molecule has 0 atom stereocenters. The van der Waals surface area contributed by atoms with Crippen LogP contribution in [-0.2, 0) is 0 Å². The van der Waals surface area contributed by atoms with E-state index >= 15 is 0 Å². The summed E-state index contributed by atoms with van der Waals surface area (Å²) in [6.07, 6.45) is 3.87. The van der Waals surface area contributed by atoms with Gasteiger partial charge in [-0.15, -0.1) is 0 Å². The minimum absolute atomic E-state index is 0.129. The maximum absolute atomic E-state index is 13.3. The Bertz CT molecular complexity index is 528. The Kier molecular flexibility index (Phi) is 3.79. The van der Waals surface area contributed by atoms with Gasteiger partial charge in [-0.3, -0.25) is 0 Å². The van der Waals surface area contributed by atoms with Crippen molar-refractivity contribution in [2.45, 2.75) is 19.8 Å². The fourth-order valence-corrected chi connectivity index (χ4v) is 1.85. The second kappa shape index (κ2) is 5.32. The van der Waals surface area contributed by atoms with Gasteiger partial charge in [0.05, 0.1) is 5.02 Å². The zero-order chi connectivity index (χ0) is 12.3. The highest BCUT2D eigenvalue weighted by atomic mass is 35.5. The molecule has 0 radical (unpaired) electrons. The van der Waals surface area contributed by atoms with Crippen molar-refractivity contribution in [2.24, 2.45) is 0 Å². The molecule has 90 valence electrons. The molecule has 1 heterocycles. The summed E-state index contributed by atoms with van der Waals surface area (Å²) >= 11 is 5.79. The molecule has 4 heteroatoms. The molecule has 0 aliphatic rings. The Morgan fingerprint density at radius 1 is 1.41 bits per heavy atom. The van der Waals surface area contributed by atoms with Gasteiger partial charge >= 0.3 is 0 Å². The molecule has 0 aliphatic carbocycles. The summed E-state index contributed by atoms with van der Waals surface area (Å²) in [4.78, 5) is 4.26. The van der Waals surface area contributed by atoms with Crippen LogP contribution >= 0.6 is 11.6 Å². The second-order valence-corrected chi connectivity index (χ2v) is 4.33. The third-order valence-corrected chi connectivity index (χ3v) is 2.92. The fourth-order valence-electron chi connectivity index (χ4n) is 1.69. The van der Waals surface area contributed by atoms with Crippen LogP contribution in [0, 0.1) is 5.82 Å². The van der Waals surface area contributed by atoms with Crippen LogP contribution in [-0.4, -0.2) is 11.5 Å². The van der Waals surface area contributed by atoms with Crippen molar-refractivity contribution in [2.75, 3.05) is 11.9 Å². The van der Waals surface area contributed by atoms with Crippen LogP contribution in [0.4, 0.5) is 10.2 Å². The standard InChI is InChI=1S/C13H14ClFN2/c1-2-3-5-16-13-10-8-11(14)12(15)7-9(10)4-6-17-13/h4,6-8H,2-3,5H2,1H3,(H,16,17). The van der Waals surface area contributed by atoms with Gasteiger partial charge in [-0.05, 0) is 30.0 Å². The Morgan fingerprint density at radius 2 is 2.24 bits per heavy atom. The normalized spacial score (nSPS) is 10.8. The molecule has 0 saturated heterocycles. The van der Waals surface area contributed by atoms with Crippen molar-refractivity contribution in [3.8, 4) is 0 Å². The maximum atomic E-state index is 13.3. The van der Waals surface area contributed by atoms with E-state index in [1.807, 2.05) is 0 Å². The van der Waals surface area contributed by atoms with Gasteiger partial charge in [-0.1, -0.05) is 24.9 Å². The quantitative estimate of drug-likeness (QED) is 0.824. The Balaban J connectivity index is 2.38. The molecule has 0 amide bonds. The molecule has 2 aromatic rings. The molecule has 1 N–H and O–H groups in total. The summed E-state index contributed by atoms with van der Waals surface area (Å²) in [6, 6.07) is 4.83. The number of pyridine rings is 1. The van der Waals surface area contributed by atoms with Crippen molar-refractivity contribution in [1.82, 2.24) is 4.98 Å². The van der Waals surface area contributed by atoms with Crippen molar-refractivity contribution >= 4 is 28.2 Å². The lowest BCUT2D eigenvalue weighted by Crippen LogP contribution is -2.03. The van der Waals surface area contributed by atoms with Crippen LogP contribution in [0.5, 0.6) is 0 Å². The minimum Gasteiger partial charge on any atom is -0.370 e. The molecule has 0 saturated carbocycles. The molecule has 2 nitrogen and oxygen atoms in total. The van der Waals surface area contributed by atoms with Crippen molar-refractivity contribution < 1.29 is 4.39 Å². The molecule has 0 unspecified atom stereocenters. The van der Waals surface area contributed by atoms with Crippen LogP contribution in [0.3, 0.4) is 0 Å². The minimum atomic E-state index is -0.398. The molecule has 0 bridgehead atoms. The van der Waals surface area contributed by atoms with E-state index in [1.165, 1.54) is 6.07 Å². The fraction of sp³-hybridized carbons (Fsp3) is 0.308. The summed E-state index contributed by atoms with van der Waals surface area (Å²) in [7, 11) is 0. The average molecular weight is 253 g/mol. The number of hydrogen-bond acceptors (Lipinski definition) is 2. The zero-order valence-corrected chi connectivity index (χ0v) is 10.4. The Morgan fingerprint density at radius 3 is 3.00 bits per heavy atom. The van der Waals surface area contributed by atoms with Crippen LogP contribution in [0.15, 0.2) is 24.4 Å². The number of aromatic nitrogens is 1. The molecular weight excluding hydrogens is 239 g/mol. The van der Waals surface area contributed by atoms with E-state index in [0.717, 1.165) is 36.0 Å². The van der Waals surface area contributed by atoms with E-state index in [-0.39, 0.29) is 5.02 Å². The molecule has 0 aliphatic heterocycles. The highest BCUT2D eigenvalue weighted by molar-refractivity contribution is 6.31. The summed E-state index contributed by atoms with van der Waals surface area (Å²) in [5.74, 6) is 0.364. The number of halogens is 2. The Hall–Kier alpha value is -1.35. The number of unbranched alkanes of at least 4 members (excludes halogenated alkanes) is 1. The van der Waals surface area contributed by atoms with Crippen LogP contribution in [0.2, 0.25) is 5.02 Å². The first kappa shape index (κ1) is 12.1. The van der Waals surface area contributed by atoms with E-state index < -0.39 is 5.82 Å². The van der Waals surface area contributed by atoms with Gasteiger partial charge in [0.2, 0.25) is 0 Å². The lowest BCUT2D eigenvalue weighted by atomic mass is 10.1. The van der Waals surface area contributed by atoms with Gasteiger partial charge in [-0.25, -0.2) is 9.37 Å². The first-order chi connectivity index (χ1) is 8.22. The number of benzene rings is 1. The van der Waals surface area contributed by atoms with E-state index in [2.05, 4.69) is 17.2 Å². The average Bonchev–Trinajstić information content (AvgIpc) is 2.32. The number of fused-ring (bicyclic) bond motifs is 1. The molecule has 1 aromatic carbocycles. The van der Waals surface area contributed by atoms with E-state index in [4.69, 9.17) is 11.6 Å². The smallest absolute Gasteiger partial charge is 0.142 e. The number of hydrogen-bond donors (Lipinski definition) is 1. The predicted molar refractivity (Wildman–Crippen MR) is 70.1 cm³/mol. The second-order valence-electron chi connectivity index (χ2n) is 3.93. The highest BCUT2D eigenvalue weighted by Gasteiger charge is 2.06. The first-order valence-corrected chi connectivity index (χ1v) is 6.08. The molecule has 0 fully saturated rings. The van der Waals surface area contributed by atoms with Gasteiger partial charge < -0.3 is 5.32 Å². The van der Waals surface area contributed by atoms with Crippen molar-refractivity contribution in [1.29, 1.82) is 0 Å². The topological polar surface area (TPSA) is 24.9 Å². The van der Waals surface area contributed by atoms with Gasteiger partial charge in [0.25, 0.3) is 0 Å². The molecule has 17 heavy (non-hydrogen) atoms. The molecule has 2 rings (SSSR count). The summed E-state index contributed by atoms with van der Waals surface area (Å²) in [5, 5.41) is 5.03.